The van der Waals surface area contributed by atoms with Crippen molar-refractivity contribution in [1.29, 1.82) is 5.26 Å². The van der Waals surface area contributed by atoms with Crippen LogP contribution >= 0.6 is 0 Å². The van der Waals surface area contributed by atoms with E-state index in [0.717, 1.165) is 22.6 Å². The highest BCUT2D eigenvalue weighted by Crippen LogP contribution is 2.31. The van der Waals surface area contributed by atoms with Crippen molar-refractivity contribution >= 4 is 22.6 Å². The average Bonchev–Trinajstić information content (AvgIpc) is 3.32. The summed E-state index contributed by atoms with van der Waals surface area (Å²) in [5, 5.41) is 15.4. The number of nitriles is 1. The zero-order valence-electron chi connectivity index (χ0n) is 20.8. The molecule has 0 saturated carbocycles. The zero-order valence-corrected chi connectivity index (χ0v) is 20.8. The van der Waals surface area contributed by atoms with Gasteiger partial charge >= 0.3 is 0 Å². The molecule has 0 aliphatic carbocycles. The lowest BCUT2D eigenvalue weighted by Crippen LogP contribution is -2.11. The van der Waals surface area contributed by atoms with Gasteiger partial charge in [-0.25, -0.2) is 9.67 Å². The highest BCUT2D eigenvalue weighted by Gasteiger charge is 2.16. The first-order valence-electron chi connectivity index (χ1n) is 12.0. The molecule has 0 saturated heterocycles. The molecule has 1 N–H and O–H groups in total. The highest BCUT2D eigenvalue weighted by molar-refractivity contribution is 5.91. The second-order valence-electron chi connectivity index (χ2n) is 8.96. The van der Waals surface area contributed by atoms with Crippen molar-refractivity contribution < 1.29 is 4.74 Å². The fraction of sp³-hybridized carbons (Fsp3) is 0.133. The minimum Gasteiger partial charge on any atom is -0.491 e. The number of rotatable bonds is 6. The Morgan fingerprint density at radius 2 is 1.84 bits per heavy atom. The average molecular weight is 488 g/mol. The van der Waals surface area contributed by atoms with Crippen molar-refractivity contribution in [2.45, 2.75) is 26.9 Å². The van der Waals surface area contributed by atoms with Gasteiger partial charge in [-0.15, -0.1) is 0 Å². The van der Waals surface area contributed by atoms with Crippen molar-refractivity contribution in [3.8, 4) is 28.8 Å². The molecule has 2 aromatic heterocycles. The third-order valence-electron chi connectivity index (χ3n) is 5.86. The molecule has 37 heavy (non-hydrogen) atoms. The molecule has 5 rings (SSSR count). The molecule has 0 radical (unpaired) electrons. The Balaban J connectivity index is 1.66. The first kappa shape index (κ1) is 23.8. The van der Waals surface area contributed by atoms with Gasteiger partial charge in [-0.2, -0.15) is 10.4 Å². The molecule has 0 bridgehead atoms. The van der Waals surface area contributed by atoms with Crippen molar-refractivity contribution in [2.75, 3.05) is 0 Å². The summed E-state index contributed by atoms with van der Waals surface area (Å²) in [6, 6.07) is 24.9. The summed E-state index contributed by atoms with van der Waals surface area (Å²) in [7, 11) is 0. The van der Waals surface area contributed by atoms with Gasteiger partial charge in [0.25, 0.3) is 5.56 Å². The number of allylic oxidation sites excluding steroid dienone is 1. The molecular weight excluding hydrogens is 462 g/mol. The van der Waals surface area contributed by atoms with Crippen LogP contribution in [0.15, 0.2) is 83.8 Å². The van der Waals surface area contributed by atoms with Crippen LogP contribution in [0, 0.1) is 18.3 Å². The van der Waals surface area contributed by atoms with E-state index in [0.29, 0.717) is 22.2 Å². The van der Waals surface area contributed by atoms with E-state index in [1.54, 1.807) is 29.0 Å². The van der Waals surface area contributed by atoms with E-state index in [2.05, 4.69) is 16.0 Å². The van der Waals surface area contributed by atoms with Gasteiger partial charge in [-0.3, -0.25) is 4.79 Å². The normalized spacial score (nSPS) is 11.6. The van der Waals surface area contributed by atoms with Crippen molar-refractivity contribution in [3.63, 3.8) is 0 Å². The molecule has 0 aliphatic heterocycles. The third-order valence-corrected chi connectivity index (χ3v) is 5.86. The summed E-state index contributed by atoms with van der Waals surface area (Å²) in [6.45, 7) is 5.98. The zero-order chi connectivity index (χ0) is 25.9. The molecular formula is C30H25N5O2. The van der Waals surface area contributed by atoms with Gasteiger partial charge in [-0.1, -0.05) is 30.3 Å². The SMILES string of the molecule is Cc1cc(-c2nn(-c3ccccc3)cc2/C=C(\C#N)c2nc3ccccc3c(=O)[nH]2)ccc1OC(C)C. The molecule has 182 valence electrons. The van der Waals surface area contributed by atoms with E-state index in [1.165, 1.54) is 0 Å². The lowest BCUT2D eigenvalue weighted by molar-refractivity contribution is 0.241. The number of para-hydroxylation sites is 2. The fourth-order valence-corrected chi connectivity index (χ4v) is 4.14. The van der Waals surface area contributed by atoms with E-state index < -0.39 is 0 Å². The Hall–Kier alpha value is -4.96. The van der Waals surface area contributed by atoms with Crippen LogP contribution in [0.4, 0.5) is 0 Å². The van der Waals surface area contributed by atoms with E-state index in [-0.39, 0.29) is 23.1 Å². The fourth-order valence-electron chi connectivity index (χ4n) is 4.14. The summed E-state index contributed by atoms with van der Waals surface area (Å²) in [6.07, 6.45) is 3.65. The minimum absolute atomic E-state index is 0.0649. The molecule has 0 fully saturated rings. The Bertz CT molecular complexity index is 1720. The van der Waals surface area contributed by atoms with E-state index in [1.807, 2.05) is 81.6 Å². The maximum Gasteiger partial charge on any atom is 0.259 e. The third kappa shape index (κ3) is 4.91. The van der Waals surface area contributed by atoms with Crippen molar-refractivity contribution in [2.24, 2.45) is 0 Å². The van der Waals surface area contributed by atoms with Crippen molar-refractivity contribution in [1.82, 2.24) is 19.7 Å². The van der Waals surface area contributed by atoms with Gasteiger partial charge in [0.05, 0.1) is 28.3 Å². The Morgan fingerprint density at radius 3 is 2.57 bits per heavy atom. The van der Waals surface area contributed by atoms with E-state index >= 15 is 0 Å². The molecule has 0 atom stereocenters. The second kappa shape index (κ2) is 9.96. The number of aromatic nitrogens is 4. The molecule has 0 aliphatic rings. The lowest BCUT2D eigenvalue weighted by Gasteiger charge is -2.13. The quantitative estimate of drug-likeness (QED) is 0.299. The van der Waals surface area contributed by atoms with Crippen LogP contribution in [-0.4, -0.2) is 25.9 Å². The Labute approximate surface area is 214 Å². The maximum absolute atomic E-state index is 12.6. The Kier molecular flexibility index (Phi) is 6.40. The number of fused-ring (bicyclic) bond motifs is 1. The summed E-state index contributed by atoms with van der Waals surface area (Å²) in [5.41, 5.74) is 4.62. The number of nitrogens with zero attached hydrogens (tertiary/aromatic N) is 4. The van der Waals surface area contributed by atoms with Crippen LogP contribution in [-0.2, 0) is 0 Å². The standard InChI is InChI=1S/C30H25N5O2/c1-19(2)37-27-14-13-21(15-20(27)3)28-23(18-35(34-28)24-9-5-4-6-10-24)16-22(17-31)29-32-26-12-8-7-11-25(26)30(36)33-29/h4-16,18-19H,1-3H3,(H,32,33,36)/b22-16+. The largest absolute Gasteiger partial charge is 0.491 e. The van der Waals surface area contributed by atoms with E-state index in [4.69, 9.17) is 9.84 Å². The number of nitrogens with one attached hydrogen (secondary N) is 1. The maximum atomic E-state index is 12.6. The monoisotopic (exact) mass is 487 g/mol. The summed E-state index contributed by atoms with van der Waals surface area (Å²) >= 11 is 0. The smallest absolute Gasteiger partial charge is 0.259 e. The van der Waals surface area contributed by atoms with Gasteiger partial charge in [0.2, 0.25) is 0 Å². The predicted molar refractivity (Wildman–Crippen MR) is 145 cm³/mol. The first-order chi connectivity index (χ1) is 17.9. The number of benzene rings is 3. The lowest BCUT2D eigenvalue weighted by atomic mass is 10.0. The molecule has 2 heterocycles. The molecule has 0 amide bonds. The predicted octanol–water partition coefficient (Wildman–Crippen LogP) is 5.94. The number of H-pyrrole nitrogens is 1. The van der Waals surface area contributed by atoms with E-state index in [9.17, 15) is 10.1 Å². The molecule has 7 nitrogen and oxygen atoms in total. The number of hydrogen-bond acceptors (Lipinski definition) is 5. The van der Waals surface area contributed by atoms with Crippen LogP contribution in [0.1, 0.15) is 30.8 Å². The summed E-state index contributed by atoms with van der Waals surface area (Å²) < 4.78 is 7.68. The van der Waals surface area contributed by atoms with Crippen LogP contribution < -0.4 is 10.3 Å². The number of ether oxygens (including phenoxy) is 1. The minimum atomic E-state index is -0.293. The number of aryl methyl sites for hydroxylation is 1. The topological polar surface area (TPSA) is 96.6 Å². The molecule has 0 spiro atoms. The summed E-state index contributed by atoms with van der Waals surface area (Å²) in [4.78, 5) is 19.9. The van der Waals surface area contributed by atoms with Crippen LogP contribution in [0.2, 0.25) is 0 Å². The van der Waals surface area contributed by atoms with Gasteiger partial charge in [0.15, 0.2) is 5.82 Å². The van der Waals surface area contributed by atoms with Gasteiger partial charge < -0.3 is 9.72 Å². The first-order valence-corrected chi connectivity index (χ1v) is 12.0. The number of hydrogen-bond donors (Lipinski definition) is 1. The summed E-state index contributed by atoms with van der Waals surface area (Å²) in [5.74, 6) is 1.02. The van der Waals surface area contributed by atoms with Gasteiger partial charge in [-0.05, 0) is 74.9 Å². The van der Waals surface area contributed by atoms with Gasteiger partial charge in [0, 0.05) is 17.3 Å². The molecule has 0 unspecified atom stereocenters. The second-order valence-corrected chi connectivity index (χ2v) is 8.96. The molecule has 5 aromatic rings. The molecule has 7 heteroatoms. The van der Waals surface area contributed by atoms with Crippen LogP contribution in [0.25, 0.3) is 39.5 Å². The van der Waals surface area contributed by atoms with Gasteiger partial charge in [0.1, 0.15) is 17.5 Å². The van der Waals surface area contributed by atoms with Crippen LogP contribution in [0.5, 0.6) is 5.75 Å². The Morgan fingerprint density at radius 1 is 1.08 bits per heavy atom. The van der Waals surface area contributed by atoms with Crippen molar-refractivity contribution in [3.05, 3.63) is 106 Å². The van der Waals surface area contributed by atoms with Crippen LogP contribution in [0.3, 0.4) is 0 Å². The molecule has 3 aromatic carbocycles. The number of aromatic amines is 1. The highest BCUT2D eigenvalue weighted by atomic mass is 16.5.